The molecule has 0 aliphatic heterocycles. The van der Waals surface area contributed by atoms with Gasteiger partial charge in [-0.2, -0.15) is 0 Å². The molecule has 0 aliphatic carbocycles. The van der Waals surface area contributed by atoms with E-state index in [1.165, 1.54) is 0 Å². The van der Waals surface area contributed by atoms with Crippen molar-refractivity contribution < 1.29 is 20.3 Å². The van der Waals surface area contributed by atoms with Gasteiger partial charge in [0.25, 0.3) is 0 Å². The minimum atomic E-state index is -0.602. The summed E-state index contributed by atoms with van der Waals surface area (Å²) in [5, 5.41) is 20.0. The van der Waals surface area contributed by atoms with E-state index in [4.69, 9.17) is 9.78 Å². The fourth-order valence-corrected chi connectivity index (χ4v) is 5.45. The molecule has 4 nitrogen and oxygen atoms in total. The molecule has 0 aromatic carbocycles. The Labute approximate surface area is 175 Å². The molecule has 0 radical (unpaired) electrons. The molecule has 170 valence electrons. The largest absolute Gasteiger partial charge is 0.251 e. The summed E-state index contributed by atoms with van der Waals surface area (Å²) in [7, 11) is 0. The molecule has 0 fully saturated rings. The Hall–Kier alpha value is -0.160. The van der Waals surface area contributed by atoms with Gasteiger partial charge < -0.3 is 0 Å². The second-order valence-corrected chi connectivity index (χ2v) is 9.48. The second-order valence-electron chi connectivity index (χ2n) is 9.48. The van der Waals surface area contributed by atoms with Gasteiger partial charge in [0, 0.05) is 10.8 Å². The van der Waals surface area contributed by atoms with Crippen LogP contribution in [0.1, 0.15) is 127 Å². The molecule has 2 N–H and O–H groups in total. The van der Waals surface area contributed by atoms with Crippen LogP contribution >= 0.6 is 0 Å². The zero-order valence-corrected chi connectivity index (χ0v) is 20.4. The first-order valence-corrected chi connectivity index (χ1v) is 11.8. The van der Waals surface area contributed by atoms with Crippen LogP contribution in [0, 0.1) is 16.2 Å². The molecule has 0 saturated heterocycles. The van der Waals surface area contributed by atoms with Crippen LogP contribution in [0.15, 0.2) is 0 Å². The summed E-state index contributed by atoms with van der Waals surface area (Å²) in [5.41, 5.74) is -0.771. The van der Waals surface area contributed by atoms with E-state index in [1.54, 1.807) is 0 Å². The van der Waals surface area contributed by atoms with Gasteiger partial charge in [-0.25, -0.2) is 9.78 Å². The van der Waals surface area contributed by atoms with Crippen LogP contribution in [0.4, 0.5) is 0 Å². The lowest BCUT2D eigenvalue weighted by Gasteiger charge is -2.53. The molecule has 0 aromatic heterocycles. The van der Waals surface area contributed by atoms with Crippen LogP contribution in [-0.2, 0) is 9.78 Å². The Bertz CT molecular complexity index is 397. The third-order valence-electron chi connectivity index (χ3n) is 8.68. The van der Waals surface area contributed by atoms with Gasteiger partial charge in [0.1, 0.15) is 11.7 Å². The van der Waals surface area contributed by atoms with Crippen LogP contribution in [0.3, 0.4) is 0 Å². The fraction of sp³-hybridized carbons (Fsp3) is 1.00. The van der Waals surface area contributed by atoms with Crippen molar-refractivity contribution in [2.24, 2.45) is 16.2 Å². The summed E-state index contributed by atoms with van der Waals surface area (Å²) in [6.45, 7) is 19.8. The Morgan fingerprint density at radius 3 is 1.25 bits per heavy atom. The molecule has 1 atom stereocenters. The predicted molar refractivity (Wildman–Crippen MR) is 118 cm³/mol. The maximum atomic E-state index is 10.3. The van der Waals surface area contributed by atoms with E-state index >= 15 is 0 Å². The van der Waals surface area contributed by atoms with Gasteiger partial charge >= 0.3 is 0 Å². The van der Waals surface area contributed by atoms with Crippen molar-refractivity contribution in [3.05, 3.63) is 0 Å². The molecule has 0 aromatic rings. The minimum absolute atomic E-state index is 0.121. The first-order chi connectivity index (χ1) is 13.2. The van der Waals surface area contributed by atoms with Gasteiger partial charge in [0.15, 0.2) is 0 Å². The third kappa shape index (κ3) is 5.71. The van der Waals surface area contributed by atoms with Gasteiger partial charge in [0.2, 0.25) is 0 Å². The summed E-state index contributed by atoms with van der Waals surface area (Å²) < 4.78 is 0. The summed E-state index contributed by atoms with van der Waals surface area (Å²) >= 11 is 0. The van der Waals surface area contributed by atoms with E-state index in [-0.39, 0.29) is 22.3 Å². The lowest BCUT2D eigenvalue weighted by molar-refractivity contribution is -0.362. The van der Waals surface area contributed by atoms with Crippen LogP contribution in [0.5, 0.6) is 0 Å². The summed E-state index contributed by atoms with van der Waals surface area (Å²) in [4.78, 5) is 10.5. The molecule has 0 amide bonds. The van der Waals surface area contributed by atoms with Gasteiger partial charge in [0.05, 0.1) is 0 Å². The van der Waals surface area contributed by atoms with E-state index in [0.717, 1.165) is 57.8 Å². The minimum Gasteiger partial charge on any atom is -0.251 e. The van der Waals surface area contributed by atoms with Crippen LogP contribution in [0.25, 0.3) is 0 Å². The van der Waals surface area contributed by atoms with Crippen molar-refractivity contribution in [2.45, 2.75) is 138 Å². The van der Waals surface area contributed by atoms with E-state index in [0.29, 0.717) is 6.42 Å². The Kier molecular flexibility index (Phi) is 11.8. The highest BCUT2D eigenvalue weighted by atomic mass is 17.1. The second kappa shape index (κ2) is 11.9. The van der Waals surface area contributed by atoms with Gasteiger partial charge in [-0.15, -0.1) is 0 Å². The van der Waals surface area contributed by atoms with Crippen molar-refractivity contribution in [1.82, 2.24) is 0 Å². The normalized spacial score (nSPS) is 15.1. The molecule has 0 saturated carbocycles. The summed E-state index contributed by atoms with van der Waals surface area (Å²) in [5.74, 6) is 0. The number of hydrogen-bond acceptors (Lipinski definition) is 4. The van der Waals surface area contributed by atoms with Crippen LogP contribution in [-0.4, -0.2) is 22.2 Å². The van der Waals surface area contributed by atoms with Crippen molar-refractivity contribution >= 4 is 0 Å². The predicted octanol–water partition coefficient (Wildman–Crippen LogP) is 8.11. The topological polar surface area (TPSA) is 58.9 Å². The SMILES string of the molecule is CCC(C)(CC)CC(CC)(CC)C(OO)C(CC)(CC)CC(CC)(CC)OO. The zero-order chi connectivity index (χ0) is 22.1. The quantitative estimate of drug-likeness (QED) is 0.202. The lowest BCUT2D eigenvalue weighted by atomic mass is 9.55. The smallest absolute Gasteiger partial charge is 0.104 e. The van der Waals surface area contributed by atoms with Crippen LogP contribution in [0.2, 0.25) is 0 Å². The van der Waals surface area contributed by atoms with Crippen molar-refractivity contribution in [3.63, 3.8) is 0 Å². The van der Waals surface area contributed by atoms with Gasteiger partial charge in [-0.3, -0.25) is 10.5 Å². The third-order valence-corrected chi connectivity index (χ3v) is 8.68. The first kappa shape index (κ1) is 27.8. The lowest BCUT2D eigenvalue weighted by Crippen LogP contribution is -2.53. The standard InChI is InChI=1S/C24H50O4/c1-10-21(9,11-2)18-22(12-3,13-4)20(27-25)23(14-5,15-6)19-24(16-7,17-8)28-26/h20,25-26H,10-19H2,1-9H3. The highest BCUT2D eigenvalue weighted by Gasteiger charge is 2.53. The molecule has 0 heterocycles. The number of rotatable bonds is 16. The molecule has 4 heteroatoms. The van der Waals surface area contributed by atoms with Crippen LogP contribution < -0.4 is 0 Å². The molecular weight excluding hydrogens is 352 g/mol. The van der Waals surface area contributed by atoms with Crippen molar-refractivity contribution in [2.75, 3.05) is 0 Å². The summed E-state index contributed by atoms with van der Waals surface area (Å²) in [6.07, 6.45) is 8.75. The monoisotopic (exact) mass is 402 g/mol. The molecule has 0 bridgehead atoms. The molecule has 28 heavy (non-hydrogen) atoms. The summed E-state index contributed by atoms with van der Waals surface area (Å²) in [6, 6.07) is 0. The van der Waals surface area contributed by atoms with Crippen molar-refractivity contribution in [1.29, 1.82) is 0 Å². The molecular formula is C24H50O4. The number of hydrogen-bond donors (Lipinski definition) is 2. The van der Waals surface area contributed by atoms with Gasteiger partial charge in [-0.05, 0) is 56.8 Å². The maximum absolute atomic E-state index is 10.3. The first-order valence-electron chi connectivity index (χ1n) is 11.8. The Balaban J connectivity index is 6.37. The fourth-order valence-electron chi connectivity index (χ4n) is 5.45. The maximum Gasteiger partial charge on any atom is 0.104 e. The highest BCUT2D eigenvalue weighted by Crippen LogP contribution is 2.55. The highest BCUT2D eigenvalue weighted by molar-refractivity contribution is 5.02. The Morgan fingerprint density at radius 2 is 1.00 bits per heavy atom. The van der Waals surface area contributed by atoms with Crippen molar-refractivity contribution in [3.8, 4) is 0 Å². The molecule has 1 unspecified atom stereocenters. The van der Waals surface area contributed by atoms with Gasteiger partial charge in [-0.1, -0.05) is 75.2 Å². The molecule has 0 rings (SSSR count). The zero-order valence-electron chi connectivity index (χ0n) is 20.4. The van der Waals surface area contributed by atoms with E-state index in [1.807, 2.05) is 0 Å². The van der Waals surface area contributed by atoms with E-state index in [2.05, 4.69) is 62.3 Å². The average Bonchev–Trinajstić information content (AvgIpc) is 2.76. The molecule has 0 spiro atoms. The average molecular weight is 403 g/mol. The molecule has 0 aliphatic rings. The van der Waals surface area contributed by atoms with E-state index in [9.17, 15) is 10.5 Å². The Morgan fingerprint density at radius 1 is 0.607 bits per heavy atom. The van der Waals surface area contributed by atoms with E-state index < -0.39 is 5.60 Å².